The predicted octanol–water partition coefficient (Wildman–Crippen LogP) is 5.38. The molecule has 0 N–H and O–H groups in total. The largest absolute Gasteiger partial charge is 0.240 e. The predicted molar refractivity (Wildman–Crippen MR) is 76.5 cm³/mol. The van der Waals surface area contributed by atoms with Crippen LogP contribution < -0.4 is 0 Å². The second-order valence-corrected chi connectivity index (χ2v) is 4.71. The van der Waals surface area contributed by atoms with E-state index in [9.17, 15) is 0 Å². The Hall–Kier alpha value is -0.380. The van der Waals surface area contributed by atoms with Crippen molar-refractivity contribution in [2.75, 3.05) is 0 Å². The summed E-state index contributed by atoms with van der Waals surface area (Å²) in [6, 6.07) is 7.72. The lowest BCUT2D eigenvalue weighted by Gasteiger charge is -1.95. The summed E-state index contributed by atoms with van der Waals surface area (Å²) in [5.41, 5.74) is 2.12. The maximum atomic E-state index is 5.81. The lowest BCUT2D eigenvalue weighted by Crippen LogP contribution is -1.78. The maximum Gasteiger partial charge on any atom is 0.104 e. The van der Waals surface area contributed by atoms with Crippen molar-refractivity contribution in [3.8, 4) is 11.3 Å². The van der Waals surface area contributed by atoms with Crippen LogP contribution in [0.5, 0.6) is 0 Å². The van der Waals surface area contributed by atoms with Gasteiger partial charge in [-0.25, -0.2) is 4.98 Å². The summed E-state index contributed by atoms with van der Waals surface area (Å²) < 4.78 is 0. The first-order valence-corrected chi connectivity index (χ1v) is 7.44. The Morgan fingerprint density at radius 1 is 1.25 bits per heavy atom. The molecule has 86 valence electrons. The topological polar surface area (TPSA) is 12.9 Å². The molecule has 16 heavy (non-hydrogen) atoms. The van der Waals surface area contributed by atoms with Gasteiger partial charge in [0.25, 0.3) is 0 Å². The Morgan fingerprint density at radius 3 is 2.38 bits per heavy atom. The van der Waals surface area contributed by atoms with Crippen molar-refractivity contribution in [2.45, 2.75) is 19.2 Å². The van der Waals surface area contributed by atoms with E-state index in [1.807, 2.05) is 38.1 Å². The third kappa shape index (κ3) is 3.58. The minimum atomic E-state index is 0.754. The smallest absolute Gasteiger partial charge is 0.104 e. The molecule has 0 bridgehead atoms. The number of rotatable bonds is 2. The van der Waals surface area contributed by atoms with Crippen LogP contribution >= 0.6 is 38.9 Å². The summed E-state index contributed by atoms with van der Waals surface area (Å²) in [6.07, 6.45) is 0. The average Bonchev–Trinajstić information content (AvgIpc) is 2.81. The summed E-state index contributed by atoms with van der Waals surface area (Å²) in [5.74, 6) is 0. The van der Waals surface area contributed by atoms with Crippen molar-refractivity contribution < 1.29 is 0 Å². The Balaban J connectivity index is 0.000000606. The van der Waals surface area contributed by atoms with Gasteiger partial charge in [-0.1, -0.05) is 53.5 Å². The van der Waals surface area contributed by atoms with Crippen molar-refractivity contribution in [2.24, 2.45) is 0 Å². The van der Waals surface area contributed by atoms with E-state index in [0.29, 0.717) is 0 Å². The van der Waals surface area contributed by atoms with Crippen molar-refractivity contribution >= 4 is 38.9 Å². The van der Waals surface area contributed by atoms with Gasteiger partial charge in [-0.2, -0.15) is 0 Å². The lowest BCUT2D eigenvalue weighted by atomic mass is 10.2. The number of alkyl halides is 1. The van der Waals surface area contributed by atoms with Crippen LogP contribution in [0, 0.1) is 0 Å². The zero-order chi connectivity index (χ0) is 12.0. The van der Waals surface area contributed by atoms with Gasteiger partial charge in [-0.05, 0) is 12.1 Å². The third-order valence-corrected chi connectivity index (χ3v) is 3.81. The van der Waals surface area contributed by atoms with Crippen LogP contribution in [0.1, 0.15) is 18.9 Å². The molecule has 0 spiro atoms. The molecule has 0 amide bonds. The Bertz CT molecular complexity index is 425. The van der Waals surface area contributed by atoms with Gasteiger partial charge in [0.2, 0.25) is 0 Å². The monoisotopic (exact) mass is 317 g/mol. The van der Waals surface area contributed by atoms with Crippen LogP contribution in [0.15, 0.2) is 29.6 Å². The second kappa shape index (κ2) is 7.05. The molecule has 0 saturated carbocycles. The molecule has 0 saturated heterocycles. The molecule has 0 aliphatic heterocycles. The van der Waals surface area contributed by atoms with Gasteiger partial charge in [0.15, 0.2) is 0 Å². The van der Waals surface area contributed by atoms with Crippen LogP contribution in [0.3, 0.4) is 0 Å². The third-order valence-electron chi connectivity index (χ3n) is 1.81. The normalized spacial score (nSPS) is 9.50. The maximum absolute atomic E-state index is 5.81. The number of halogens is 2. The minimum Gasteiger partial charge on any atom is -0.240 e. The molecule has 0 fully saturated rings. The number of hydrogen-bond acceptors (Lipinski definition) is 2. The first-order valence-electron chi connectivity index (χ1n) is 5.06. The van der Waals surface area contributed by atoms with Gasteiger partial charge >= 0.3 is 0 Å². The molecule has 0 aliphatic rings. The highest BCUT2D eigenvalue weighted by atomic mass is 79.9. The highest BCUT2D eigenvalue weighted by Gasteiger charge is 2.02. The Morgan fingerprint density at radius 2 is 1.88 bits per heavy atom. The van der Waals surface area contributed by atoms with E-state index < -0.39 is 0 Å². The van der Waals surface area contributed by atoms with E-state index >= 15 is 0 Å². The second-order valence-electron chi connectivity index (χ2n) is 2.77. The molecule has 1 nitrogen and oxygen atoms in total. The summed E-state index contributed by atoms with van der Waals surface area (Å²) in [6.45, 7) is 4.00. The van der Waals surface area contributed by atoms with Crippen molar-refractivity contribution in [3.05, 3.63) is 39.7 Å². The molecule has 0 aliphatic carbocycles. The number of thiazole rings is 1. The summed E-state index contributed by atoms with van der Waals surface area (Å²) >= 11 is 10.8. The SMILES string of the molecule is CC.Clc1ccc(-c2csc(CBr)n2)cc1. The van der Waals surface area contributed by atoms with Crippen LogP contribution in [0.2, 0.25) is 5.02 Å². The van der Waals surface area contributed by atoms with Crippen molar-refractivity contribution in [1.82, 2.24) is 4.98 Å². The Kier molecular flexibility index (Phi) is 6.03. The fourth-order valence-corrected chi connectivity index (χ4v) is 2.42. The molecule has 1 aromatic carbocycles. The highest BCUT2D eigenvalue weighted by Crippen LogP contribution is 2.24. The van der Waals surface area contributed by atoms with Crippen LogP contribution in [-0.4, -0.2) is 4.98 Å². The first kappa shape index (κ1) is 13.7. The summed E-state index contributed by atoms with van der Waals surface area (Å²) in [7, 11) is 0. The first-order chi connectivity index (χ1) is 7.79. The molecule has 4 heteroatoms. The lowest BCUT2D eigenvalue weighted by molar-refractivity contribution is 1.28. The summed E-state index contributed by atoms with van der Waals surface area (Å²) in [5, 5.41) is 4.71. The average molecular weight is 319 g/mol. The zero-order valence-electron chi connectivity index (χ0n) is 9.21. The van der Waals surface area contributed by atoms with E-state index in [-0.39, 0.29) is 0 Å². The highest BCUT2D eigenvalue weighted by molar-refractivity contribution is 9.08. The molecule has 0 atom stereocenters. The van der Waals surface area contributed by atoms with Gasteiger partial charge < -0.3 is 0 Å². The standard InChI is InChI=1S/C10H7BrClNS.C2H6/c11-5-10-13-9(6-14-10)7-1-3-8(12)4-2-7;1-2/h1-4,6H,5H2;1-2H3. The quantitative estimate of drug-likeness (QED) is 0.677. The number of aromatic nitrogens is 1. The fraction of sp³-hybridized carbons (Fsp3) is 0.250. The molecule has 1 aromatic heterocycles. The molecule has 2 rings (SSSR count). The van der Waals surface area contributed by atoms with Crippen LogP contribution in [-0.2, 0) is 5.33 Å². The zero-order valence-corrected chi connectivity index (χ0v) is 12.4. The van der Waals surface area contributed by atoms with Gasteiger partial charge in [-0.3, -0.25) is 0 Å². The van der Waals surface area contributed by atoms with Gasteiger partial charge in [0, 0.05) is 16.0 Å². The van der Waals surface area contributed by atoms with E-state index in [0.717, 1.165) is 26.6 Å². The molecule has 1 heterocycles. The molecular weight excluding hydrogens is 306 g/mol. The molecule has 2 aromatic rings. The number of nitrogens with zero attached hydrogens (tertiary/aromatic N) is 1. The van der Waals surface area contributed by atoms with Crippen molar-refractivity contribution in [3.63, 3.8) is 0 Å². The van der Waals surface area contributed by atoms with E-state index in [1.54, 1.807) is 11.3 Å². The van der Waals surface area contributed by atoms with Crippen LogP contribution in [0.25, 0.3) is 11.3 Å². The number of hydrogen-bond donors (Lipinski definition) is 0. The molecular formula is C12H13BrClNS. The van der Waals surface area contributed by atoms with E-state index in [2.05, 4.69) is 26.3 Å². The fourth-order valence-electron chi connectivity index (χ4n) is 1.13. The minimum absolute atomic E-state index is 0.754. The molecule has 0 radical (unpaired) electrons. The van der Waals surface area contributed by atoms with Gasteiger partial charge in [0.05, 0.1) is 11.0 Å². The summed E-state index contributed by atoms with van der Waals surface area (Å²) in [4.78, 5) is 4.46. The van der Waals surface area contributed by atoms with Gasteiger partial charge in [0.1, 0.15) is 5.01 Å². The van der Waals surface area contributed by atoms with Crippen molar-refractivity contribution in [1.29, 1.82) is 0 Å². The van der Waals surface area contributed by atoms with Crippen LogP contribution in [0.4, 0.5) is 0 Å². The molecule has 0 unspecified atom stereocenters. The Labute approximate surface area is 114 Å². The van der Waals surface area contributed by atoms with E-state index in [1.165, 1.54) is 0 Å². The van der Waals surface area contributed by atoms with Gasteiger partial charge in [-0.15, -0.1) is 11.3 Å². The van der Waals surface area contributed by atoms with E-state index in [4.69, 9.17) is 11.6 Å². The number of benzene rings is 1.